The van der Waals surface area contributed by atoms with E-state index in [0.29, 0.717) is 29.6 Å². The van der Waals surface area contributed by atoms with Gasteiger partial charge >= 0.3 is 0 Å². The van der Waals surface area contributed by atoms with E-state index in [-0.39, 0.29) is 5.91 Å². The summed E-state index contributed by atoms with van der Waals surface area (Å²) in [5.41, 5.74) is 2.67. The monoisotopic (exact) mass is 355 g/mol. The summed E-state index contributed by atoms with van der Waals surface area (Å²) < 4.78 is 6.60. The number of benzene rings is 2. The molecule has 1 amide bonds. The average molecular weight is 356 g/mol. The molecular weight excluding hydrogens is 338 g/mol. The van der Waals surface area contributed by atoms with E-state index in [4.69, 9.17) is 16.3 Å². The molecule has 0 radical (unpaired) electrons. The standard InChI is InChI=1S/C19H18ClN3O2/c1-25-12-11-21-19(24)18-13-17(15-9-5-6-10-16(15)20)22-23(18)14-7-3-2-4-8-14/h2-10,13H,11-12H2,1H3,(H,21,24). The minimum absolute atomic E-state index is 0.216. The molecule has 0 atom stereocenters. The highest BCUT2D eigenvalue weighted by Crippen LogP contribution is 2.28. The molecule has 0 saturated carbocycles. The third-order valence-electron chi connectivity index (χ3n) is 3.68. The molecule has 2 aromatic carbocycles. The lowest BCUT2D eigenvalue weighted by molar-refractivity contribution is 0.0929. The normalized spacial score (nSPS) is 10.6. The highest BCUT2D eigenvalue weighted by Gasteiger charge is 2.18. The average Bonchev–Trinajstić information content (AvgIpc) is 3.08. The van der Waals surface area contributed by atoms with Crippen molar-refractivity contribution in [2.45, 2.75) is 0 Å². The molecule has 3 rings (SSSR count). The van der Waals surface area contributed by atoms with Crippen molar-refractivity contribution in [2.24, 2.45) is 0 Å². The molecule has 0 saturated heterocycles. The second-order valence-electron chi connectivity index (χ2n) is 5.39. The summed E-state index contributed by atoms with van der Waals surface area (Å²) in [5, 5.41) is 8.02. The van der Waals surface area contributed by atoms with Gasteiger partial charge in [0.05, 0.1) is 23.0 Å². The zero-order valence-corrected chi connectivity index (χ0v) is 14.5. The Hall–Kier alpha value is -2.63. The first-order chi connectivity index (χ1) is 12.2. The number of ether oxygens (including phenoxy) is 1. The van der Waals surface area contributed by atoms with Gasteiger partial charge < -0.3 is 10.1 Å². The van der Waals surface area contributed by atoms with Gasteiger partial charge in [-0.2, -0.15) is 5.10 Å². The van der Waals surface area contributed by atoms with Crippen molar-refractivity contribution in [3.63, 3.8) is 0 Å². The predicted octanol–water partition coefficient (Wildman–Crippen LogP) is 3.57. The van der Waals surface area contributed by atoms with Crippen LogP contribution in [0.3, 0.4) is 0 Å². The first-order valence-electron chi connectivity index (χ1n) is 7.88. The summed E-state index contributed by atoms with van der Waals surface area (Å²) in [6.07, 6.45) is 0. The van der Waals surface area contributed by atoms with Crippen LogP contribution in [0.1, 0.15) is 10.5 Å². The number of methoxy groups -OCH3 is 1. The number of hydrogen-bond acceptors (Lipinski definition) is 3. The molecule has 0 aliphatic carbocycles. The number of halogens is 1. The van der Waals surface area contributed by atoms with Crippen LogP contribution in [0.4, 0.5) is 0 Å². The molecule has 1 heterocycles. The number of nitrogens with one attached hydrogen (secondary N) is 1. The first-order valence-corrected chi connectivity index (χ1v) is 8.26. The van der Waals surface area contributed by atoms with Crippen LogP contribution >= 0.6 is 11.6 Å². The van der Waals surface area contributed by atoms with Crippen LogP contribution in [0.15, 0.2) is 60.7 Å². The van der Waals surface area contributed by atoms with Gasteiger partial charge in [-0.25, -0.2) is 4.68 Å². The zero-order valence-electron chi connectivity index (χ0n) is 13.8. The van der Waals surface area contributed by atoms with Crippen LogP contribution in [0.25, 0.3) is 16.9 Å². The smallest absolute Gasteiger partial charge is 0.270 e. The summed E-state index contributed by atoms with van der Waals surface area (Å²) in [6.45, 7) is 0.874. The Kier molecular flexibility index (Phi) is 5.48. The van der Waals surface area contributed by atoms with Crippen LogP contribution in [0.2, 0.25) is 5.02 Å². The fraction of sp³-hybridized carbons (Fsp3) is 0.158. The summed E-state index contributed by atoms with van der Waals surface area (Å²) >= 11 is 6.28. The Balaban J connectivity index is 2.03. The first kappa shape index (κ1) is 17.2. The molecule has 0 bridgehead atoms. The number of hydrogen-bond donors (Lipinski definition) is 1. The fourth-order valence-corrected chi connectivity index (χ4v) is 2.70. The molecule has 1 aromatic heterocycles. The van der Waals surface area contributed by atoms with Crippen LogP contribution in [0.5, 0.6) is 0 Å². The van der Waals surface area contributed by atoms with E-state index in [2.05, 4.69) is 10.4 Å². The minimum atomic E-state index is -0.216. The summed E-state index contributed by atoms with van der Waals surface area (Å²) in [4.78, 5) is 12.6. The maximum absolute atomic E-state index is 12.6. The second kappa shape index (κ2) is 7.96. The van der Waals surface area contributed by atoms with E-state index in [1.807, 2.05) is 48.5 Å². The van der Waals surface area contributed by atoms with E-state index in [1.165, 1.54) is 0 Å². The molecule has 0 aliphatic rings. The van der Waals surface area contributed by atoms with E-state index in [0.717, 1.165) is 11.3 Å². The van der Waals surface area contributed by atoms with Crippen molar-refractivity contribution in [1.29, 1.82) is 0 Å². The van der Waals surface area contributed by atoms with Gasteiger partial charge in [-0.05, 0) is 24.3 Å². The van der Waals surface area contributed by atoms with Crippen molar-refractivity contribution in [3.05, 3.63) is 71.4 Å². The van der Waals surface area contributed by atoms with E-state index >= 15 is 0 Å². The van der Waals surface area contributed by atoms with Crippen LogP contribution in [-0.2, 0) is 4.74 Å². The molecule has 3 aromatic rings. The maximum atomic E-state index is 12.6. The minimum Gasteiger partial charge on any atom is -0.383 e. The molecule has 25 heavy (non-hydrogen) atoms. The Morgan fingerprint density at radius 1 is 1.16 bits per heavy atom. The van der Waals surface area contributed by atoms with E-state index in [9.17, 15) is 4.79 Å². The molecule has 6 heteroatoms. The van der Waals surface area contributed by atoms with Gasteiger partial charge in [-0.1, -0.05) is 48.0 Å². The van der Waals surface area contributed by atoms with Crippen molar-refractivity contribution in [1.82, 2.24) is 15.1 Å². The second-order valence-corrected chi connectivity index (χ2v) is 5.80. The Morgan fingerprint density at radius 3 is 2.60 bits per heavy atom. The quantitative estimate of drug-likeness (QED) is 0.688. The van der Waals surface area contributed by atoms with Crippen LogP contribution in [-0.4, -0.2) is 35.9 Å². The van der Waals surface area contributed by atoms with Crippen molar-refractivity contribution in [3.8, 4) is 16.9 Å². The summed E-state index contributed by atoms with van der Waals surface area (Å²) in [5.74, 6) is -0.216. The SMILES string of the molecule is COCCNC(=O)c1cc(-c2ccccc2Cl)nn1-c1ccccc1. The van der Waals surface area contributed by atoms with Crippen LogP contribution < -0.4 is 5.32 Å². The lowest BCUT2D eigenvalue weighted by Crippen LogP contribution is -2.28. The highest BCUT2D eigenvalue weighted by molar-refractivity contribution is 6.33. The van der Waals surface area contributed by atoms with Crippen molar-refractivity contribution < 1.29 is 9.53 Å². The number of carbonyl (C=O) groups excluding carboxylic acids is 1. The molecule has 128 valence electrons. The number of para-hydroxylation sites is 1. The number of carbonyl (C=O) groups is 1. The molecule has 0 unspecified atom stereocenters. The topological polar surface area (TPSA) is 56.1 Å². The van der Waals surface area contributed by atoms with Crippen LogP contribution in [0, 0.1) is 0 Å². The zero-order chi connectivity index (χ0) is 17.6. The van der Waals surface area contributed by atoms with Gasteiger partial charge in [0.25, 0.3) is 5.91 Å². The molecule has 0 spiro atoms. The van der Waals surface area contributed by atoms with Gasteiger partial charge in [-0.3, -0.25) is 4.79 Å². The summed E-state index contributed by atoms with van der Waals surface area (Å²) in [7, 11) is 1.59. The molecule has 1 N–H and O–H groups in total. The largest absolute Gasteiger partial charge is 0.383 e. The summed E-state index contributed by atoms with van der Waals surface area (Å²) in [6, 6.07) is 18.7. The highest BCUT2D eigenvalue weighted by atomic mass is 35.5. The molecule has 0 aliphatic heterocycles. The number of nitrogens with zero attached hydrogens (tertiary/aromatic N) is 2. The molecule has 5 nitrogen and oxygen atoms in total. The van der Waals surface area contributed by atoms with Gasteiger partial charge in [-0.15, -0.1) is 0 Å². The maximum Gasteiger partial charge on any atom is 0.270 e. The van der Waals surface area contributed by atoms with Gasteiger partial charge in [0.2, 0.25) is 0 Å². The lowest BCUT2D eigenvalue weighted by Gasteiger charge is -2.07. The van der Waals surface area contributed by atoms with Gasteiger partial charge in [0.15, 0.2) is 0 Å². The number of aromatic nitrogens is 2. The van der Waals surface area contributed by atoms with Gasteiger partial charge in [0.1, 0.15) is 5.69 Å². The van der Waals surface area contributed by atoms with E-state index in [1.54, 1.807) is 23.9 Å². The predicted molar refractivity (Wildman–Crippen MR) is 98.2 cm³/mol. The number of rotatable bonds is 6. The molecule has 0 fully saturated rings. The van der Waals surface area contributed by atoms with Crippen molar-refractivity contribution in [2.75, 3.05) is 20.3 Å². The van der Waals surface area contributed by atoms with E-state index < -0.39 is 0 Å². The fourth-order valence-electron chi connectivity index (χ4n) is 2.47. The molecular formula is C19H18ClN3O2. The third-order valence-corrected chi connectivity index (χ3v) is 4.01. The van der Waals surface area contributed by atoms with Crippen molar-refractivity contribution >= 4 is 17.5 Å². The number of amides is 1. The Labute approximate surface area is 151 Å². The lowest BCUT2D eigenvalue weighted by atomic mass is 10.1. The third kappa shape index (κ3) is 3.90. The Bertz CT molecular complexity index is 862. The van der Waals surface area contributed by atoms with Gasteiger partial charge in [0, 0.05) is 19.2 Å². The Morgan fingerprint density at radius 2 is 1.88 bits per heavy atom.